The molecule has 1 aromatic heterocycles. The molecule has 0 aliphatic heterocycles. The van der Waals surface area contributed by atoms with Gasteiger partial charge >= 0.3 is 0 Å². The Morgan fingerprint density at radius 1 is 1.42 bits per heavy atom. The van der Waals surface area contributed by atoms with Crippen molar-refractivity contribution >= 4 is 15.9 Å². The number of hydrogen-bond donors (Lipinski definition) is 3. The van der Waals surface area contributed by atoms with Crippen LogP contribution in [0.25, 0.3) is 0 Å². The van der Waals surface area contributed by atoms with Crippen molar-refractivity contribution in [3.05, 3.63) is 11.4 Å². The number of amides is 1. The number of nitrogens with two attached hydrogens (primary N) is 1. The van der Waals surface area contributed by atoms with E-state index in [-0.39, 0.29) is 27.7 Å². The van der Waals surface area contributed by atoms with Crippen LogP contribution in [0.5, 0.6) is 0 Å². The summed E-state index contributed by atoms with van der Waals surface area (Å²) in [5, 5.41) is 14.0. The molecule has 4 N–H and O–H groups in total. The summed E-state index contributed by atoms with van der Waals surface area (Å²) in [5.74, 6) is -0.559. The standard InChI is InChI=1S/C11H20N4O3S/c1-6-9(19(12,17)18)8(15-14-6)10(16)13-7(2)11(3,4)5/h7H,1-5H3,(H,13,16)(H,14,15)(H2,12,17,18). The molecule has 19 heavy (non-hydrogen) atoms. The molecule has 1 atom stereocenters. The normalized spacial score (nSPS) is 14.2. The zero-order valence-corrected chi connectivity index (χ0v) is 12.6. The summed E-state index contributed by atoms with van der Waals surface area (Å²) in [6, 6.07) is -0.148. The number of nitrogens with zero attached hydrogens (tertiary/aromatic N) is 1. The van der Waals surface area contributed by atoms with E-state index in [0.717, 1.165) is 0 Å². The van der Waals surface area contributed by atoms with Gasteiger partial charge in [0.1, 0.15) is 4.90 Å². The van der Waals surface area contributed by atoms with Crippen LogP contribution in [0, 0.1) is 12.3 Å². The monoisotopic (exact) mass is 288 g/mol. The molecule has 0 aromatic carbocycles. The summed E-state index contributed by atoms with van der Waals surface area (Å²) in [6.45, 7) is 9.24. The van der Waals surface area contributed by atoms with E-state index in [1.807, 2.05) is 27.7 Å². The average molecular weight is 288 g/mol. The first-order chi connectivity index (χ1) is 8.44. The van der Waals surface area contributed by atoms with Gasteiger partial charge in [-0.25, -0.2) is 13.6 Å². The zero-order chi connectivity index (χ0) is 15.0. The topological polar surface area (TPSA) is 118 Å². The predicted molar refractivity (Wildman–Crippen MR) is 71.1 cm³/mol. The van der Waals surface area contributed by atoms with Crippen LogP contribution in [0.15, 0.2) is 4.90 Å². The number of H-pyrrole nitrogens is 1. The van der Waals surface area contributed by atoms with Gasteiger partial charge in [-0.2, -0.15) is 5.10 Å². The Bertz CT molecular complexity index is 584. The molecule has 1 heterocycles. The molecule has 0 aliphatic rings. The maximum Gasteiger partial charge on any atom is 0.273 e. The highest BCUT2D eigenvalue weighted by Crippen LogP contribution is 2.20. The van der Waals surface area contributed by atoms with E-state index in [1.165, 1.54) is 6.92 Å². The molecule has 0 aliphatic carbocycles. The molecule has 0 radical (unpaired) electrons. The van der Waals surface area contributed by atoms with Crippen LogP contribution in [0.4, 0.5) is 0 Å². The predicted octanol–water partition coefficient (Wildman–Crippen LogP) is 0.530. The lowest BCUT2D eigenvalue weighted by Crippen LogP contribution is -2.42. The van der Waals surface area contributed by atoms with Crippen LogP contribution in [0.2, 0.25) is 0 Å². The third-order valence-corrected chi connectivity index (χ3v) is 4.11. The lowest BCUT2D eigenvalue weighted by molar-refractivity contribution is 0.0901. The third kappa shape index (κ3) is 3.54. The minimum atomic E-state index is -3.99. The fraction of sp³-hybridized carbons (Fsp3) is 0.636. The Morgan fingerprint density at radius 2 is 1.95 bits per heavy atom. The van der Waals surface area contributed by atoms with Crippen LogP contribution in [0.1, 0.15) is 43.9 Å². The number of carbonyl (C=O) groups is 1. The molecule has 0 saturated heterocycles. The summed E-state index contributed by atoms with van der Waals surface area (Å²) >= 11 is 0. The van der Waals surface area contributed by atoms with Crippen molar-refractivity contribution in [1.29, 1.82) is 0 Å². The smallest absolute Gasteiger partial charge is 0.273 e. The molecular weight excluding hydrogens is 268 g/mol. The van der Waals surface area contributed by atoms with Crippen molar-refractivity contribution in [2.75, 3.05) is 0 Å². The van der Waals surface area contributed by atoms with Gasteiger partial charge in [0, 0.05) is 6.04 Å². The van der Waals surface area contributed by atoms with Crippen molar-refractivity contribution < 1.29 is 13.2 Å². The van der Waals surface area contributed by atoms with Crippen LogP contribution < -0.4 is 10.5 Å². The number of primary sulfonamides is 1. The van der Waals surface area contributed by atoms with Gasteiger partial charge in [-0.05, 0) is 19.3 Å². The maximum atomic E-state index is 12.1. The van der Waals surface area contributed by atoms with E-state index in [0.29, 0.717) is 0 Å². The van der Waals surface area contributed by atoms with E-state index >= 15 is 0 Å². The van der Waals surface area contributed by atoms with Gasteiger partial charge in [0.2, 0.25) is 10.0 Å². The molecule has 0 bridgehead atoms. The Kier molecular flexibility index (Phi) is 4.06. The molecule has 1 amide bonds. The van der Waals surface area contributed by atoms with Crippen molar-refractivity contribution in [2.45, 2.75) is 45.6 Å². The number of hydrogen-bond acceptors (Lipinski definition) is 4. The fourth-order valence-corrected chi connectivity index (χ4v) is 2.28. The van der Waals surface area contributed by atoms with Crippen LogP contribution in [-0.2, 0) is 10.0 Å². The summed E-state index contributed by atoms with van der Waals surface area (Å²) < 4.78 is 22.9. The largest absolute Gasteiger partial charge is 0.348 e. The van der Waals surface area contributed by atoms with Crippen molar-refractivity contribution in [3.8, 4) is 0 Å². The van der Waals surface area contributed by atoms with Crippen LogP contribution in [-0.4, -0.2) is 30.6 Å². The van der Waals surface area contributed by atoms with Gasteiger partial charge in [-0.1, -0.05) is 20.8 Å². The maximum absolute atomic E-state index is 12.1. The molecule has 1 aromatic rings. The molecule has 0 fully saturated rings. The first-order valence-corrected chi connectivity index (χ1v) is 7.38. The third-order valence-electron chi connectivity index (χ3n) is 3.04. The summed E-state index contributed by atoms with van der Waals surface area (Å²) in [4.78, 5) is 11.8. The van der Waals surface area contributed by atoms with Crippen molar-refractivity contribution in [2.24, 2.45) is 10.6 Å². The molecule has 1 rings (SSSR count). The highest BCUT2D eigenvalue weighted by Gasteiger charge is 2.28. The first-order valence-electron chi connectivity index (χ1n) is 5.83. The quantitative estimate of drug-likeness (QED) is 0.751. The van der Waals surface area contributed by atoms with Gasteiger partial charge in [0.25, 0.3) is 5.91 Å². The lowest BCUT2D eigenvalue weighted by atomic mass is 9.88. The molecule has 108 valence electrons. The molecule has 0 saturated carbocycles. The number of aryl methyl sites for hydroxylation is 1. The molecule has 8 heteroatoms. The molecular formula is C11H20N4O3S. The minimum Gasteiger partial charge on any atom is -0.348 e. The van der Waals surface area contributed by atoms with E-state index in [1.54, 1.807) is 0 Å². The highest BCUT2D eigenvalue weighted by molar-refractivity contribution is 7.89. The number of nitrogens with one attached hydrogen (secondary N) is 2. The summed E-state index contributed by atoms with van der Waals surface area (Å²) in [5.41, 5.74) is -0.102. The number of aromatic nitrogens is 2. The van der Waals surface area contributed by atoms with Gasteiger partial charge in [0.05, 0.1) is 5.69 Å². The molecule has 1 unspecified atom stereocenters. The van der Waals surface area contributed by atoms with E-state index < -0.39 is 15.9 Å². The second-order valence-corrected chi connectivity index (χ2v) is 7.13. The number of rotatable bonds is 3. The zero-order valence-electron chi connectivity index (χ0n) is 11.7. The summed E-state index contributed by atoms with van der Waals surface area (Å²) in [7, 11) is -3.99. The minimum absolute atomic E-state index is 0.148. The highest BCUT2D eigenvalue weighted by atomic mass is 32.2. The van der Waals surface area contributed by atoms with Gasteiger partial charge in [0.15, 0.2) is 5.69 Å². The van der Waals surface area contributed by atoms with E-state index in [4.69, 9.17) is 5.14 Å². The van der Waals surface area contributed by atoms with Crippen LogP contribution in [0.3, 0.4) is 0 Å². The Labute approximate surface area is 113 Å². The fourth-order valence-electron chi connectivity index (χ4n) is 1.40. The Balaban J connectivity index is 3.10. The van der Waals surface area contributed by atoms with Gasteiger partial charge < -0.3 is 5.32 Å². The van der Waals surface area contributed by atoms with Crippen LogP contribution >= 0.6 is 0 Å². The Morgan fingerprint density at radius 3 is 2.37 bits per heavy atom. The van der Waals surface area contributed by atoms with Crippen molar-refractivity contribution in [1.82, 2.24) is 15.5 Å². The lowest BCUT2D eigenvalue weighted by Gasteiger charge is -2.27. The first kappa shape index (κ1) is 15.6. The number of aromatic amines is 1. The molecule has 0 spiro atoms. The second kappa shape index (κ2) is 4.93. The Hall–Kier alpha value is -1.41. The molecule has 7 nitrogen and oxygen atoms in total. The van der Waals surface area contributed by atoms with Crippen molar-refractivity contribution in [3.63, 3.8) is 0 Å². The van der Waals surface area contributed by atoms with E-state index in [9.17, 15) is 13.2 Å². The van der Waals surface area contributed by atoms with Gasteiger partial charge in [-0.15, -0.1) is 0 Å². The average Bonchev–Trinajstić information content (AvgIpc) is 2.57. The van der Waals surface area contributed by atoms with E-state index in [2.05, 4.69) is 15.5 Å². The number of sulfonamides is 1. The second-order valence-electron chi connectivity index (χ2n) is 5.63. The summed E-state index contributed by atoms with van der Waals surface area (Å²) in [6.07, 6.45) is 0. The van der Waals surface area contributed by atoms with Gasteiger partial charge in [-0.3, -0.25) is 9.89 Å². The number of carbonyl (C=O) groups excluding carboxylic acids is 1. The SMILES string of the molecule is Cc1[nH]nc(C(=O)NC(C)C(C)(C)C)c1S(N)(=O)=O.